The molecule has 0 saturated carbocycles. The highest BCUT2D eigenvalue weighted by atomic mass is 32.1. The first-order valence-electron chi connectivity index (χ1n) is 7.13. The van der Waals surface area contributed by atoms with E-state index in [4.69, 9.17) is 9.15 Å². The lowest BCUT2D eigenvalue weighted by molar-refractivity contribution is 0.0606. The largest absolute Gasteiger partial charge is 0.465 e. The molecule has 0 spiro atoms. The van der Waals surface area contributed by atoms with Crippen LogP contribution in [0, 0.1) is 0 Å². The number of methoxy groups -OCH3 is 2. The summed E-state index contributed by atoms with van der Waals surface area (Å²) in [4.78, 5) is 24.4. The highest BCUT2D eigenvalue weighted by Crippen LogP contribution is 2.28. The number of nitrogens with one attached hydrogen (secondary N) is 1. The molecule has 1 amide bonds. The van der Waals surface area contributed by atoms with Crippen LogP contribution in [-0.4, -0.2) is 26.1 Å². The molecule has 2 heterocycles. The second kappa shape index (κ2) is 6.86. The Labute approximate surface area is 142 Å². The van der Waals surface area contributed by atoms with Crippen LogP contribution >= 0.6 is 11.3 Å². The number of hydrogen-bond donors (Lipinski definition) is 1. The van der Waals surface area contributed by atoms with Crippen LogP contribution in [0.4, 0.5) is 5.00 Å². The van der Waals surface area contributed by atoms with Crippen molar-refractivity contribution >= 4 is 39.2 Å². The minimum absolute atomic E-state index is 0.200. The lowest BCUT2D eigenvalue weighted by Crippen LogP contribution is -2.12. The molecule has 1 aromatic carbocycles. The minimum Gasteiger partial charge on any atom is -0.465 e. The topological polar surface area (TPSA) is 77.8 Å². The molecule has 124 valence electrons. The van der Waals surface area contributed by atoms with Gasteiger partial charge < -0.3 is 19.2 Å². The van der Waals surface area contributed by atoms with Gasteiger partial charge in [-0.2, -0.15) is 0 Å². The summed E-state index contributed by atoms with van der Waals surface area (Å²) in [7, 11) is 2.87. The van der Waals surface area contributed by atoms with Gasteiger partial charge in [-0.3, -0.25) is 4.79 Å². The molecule has 0 saturated heterocycles. The molecule has 0 aliphatic heterocycles. The van der Waals surface area contributed by atoms with Crippen molar-refractivity contribution in [2.75, 3.05) is 19.5 Å². The van der Waals surface area contributed by atoms with E-state index in [1.807, 2.05) is 18.2 Å². The van der Waals surface area contributed by atoms with Gasteiger partial charge in [0, 0.05) is 18.1 Å². The van der Waals surface area contributed by atoms with E-state index in [0.29, 0.717) is 21.0 Å². The van der Waals surface area contributed by atoms with Crippen LogP contribution in [0.5, 0.6) is 0 Å². The maximum atomic E-state index is 12.6. The van der Waals surface area contributed by atoms with Crippen LogP contribution in [-0.2, 0) is 16.1 Å². The van der Waals surface area contributed by atoms with E-state index in [2.05, 4.69) is 10.1 Å². The molecule has 3 rings (SSSR count). The second-order valence-electron chi connectivity index (χ2n) is 4.95. The Hall–Kier alpha value is -2.64. The molecule has 7 heteroatoms. The molecular formula is C17H15NO5S. The Morgan fingerprint density at radius 3 is 2.71 bits per heavy atom. The lowest BCUT2D eigenvalue weighted by Gasteiger charge is -2.03. The Morgan fingerprint density at radius 2 is 1.96 bits per heavy atom. The number of ether oxygens (including phenoxy) is 2. The van der Waals surface area contributed by atoms with E-state index < -0.39 is 11.9 Å². The smallest absolute Gasteiger partial charge is 0.348 e. The predicted molar refractivity (Wildman–Crippen MR) is 90.5 cm³/mol. The molecule has 0 aliphatic carbocycles. The maximum absolute atomic E-state index is 12.6. The molecular weight excluding hydrogens is 330 g/mol. The number of anilines is 1. The number of rotatable bonds is 5. The fourth-order valence-electron chi connectivity index (χ4n) is 2.35. The van der Waals surface area contributed by atoms with Gasteiger partial charge >= 0.3 is 5.97 Å². The second-order valence-corrected chi connectivity index (χ2v) is 6.03. The van der Waals surface area contributed by atoms with Crippen molar-refractivity contribution in [3.05, 3.63) is 52.6 Å². The number of esters is 1. The molecule has 1 N–H and O–H groups in total. The highest BCUT2D eigenvalue weighted by Gasteiger charge is 2.21. The van der Waals surface area contributed by atoms with Crippen molar-refractivity contribution in [2.45, 2.75) is 6.61 Å². The summed E-state index contributed by atoms with van der Waals surface area (Å²) in [6.07, 6.45) is 0. The molecule has 2 aromatic heterocycles. The van der Waals surface area contributed by atoms with Crippen LogP contribution in [0.3, 0.4) is 0 Å². The monoisotopic (exact) mass is 345 g/mol. The zero-order valence-corrected chi connectivity index (χ0v) is 13.9. The Bertz CT molecular complexity index is 895. The fourth-order valence-corrected chi connectivity index (χ4v) is 3.17. The van der Waals surface area contributed by atoms with Gasteiger partial charge in [0.2, 0.25) is 0 Å². The molecule has 6 nitrogen and oxygen atoms in total. The standard InChI is InChI=1S/C17H15NO5S/c1-21-9-11-10-5-3-4-6-12(10)23-15(11)16(19)18-14-8-7-13(24-14)17(20)22-2/h3-8H,9H2,1-2H3,(H,18,19). The van der Waals surface area contributed by atoms with Crippen LogP contribution in [0.2, 0.25) is 0 Å². The quantitative estimate of drug-likeness (QED) is 0.714. The first-order chi connectivity index (χ1) is 11.6. The van der Waals surface area contributed by atoms with Gasteiger partial charge in [-0.25, -0.2) is 4.79 Å². The van der Waals surface area contributed by atoms with Gasteiger partial charge in [-0.15, -0.1) is 11.3 Å². The Balaban J connectivity index is 1.89. The van der Waals surface area contributed by atoms with Gasteiger partial charge in [0.1, 0.15) is 10.5 Å². The van der Waals surface area contributed by atoms with Crippen molar-refractivity contribution in [3.8, 4) is 0 Å². The molecule has 0 atom stereocenters. The summed E-state index contributed by atoms with van der Waals surface area (Å²) >= 11 is 1.14. The molecule has 0 aliphatic rings. The van der Waals surface area contributed by atoms with Crippen molar-refractivity contribution in [1.29, 1.82) is 0 Å². The third kappa shape index (κ3) is 3.04. The van der Waals surface area contributed by atoms with E-state index in [-0.39, 0.29) is 12.4 Å². The molecule has 3 aromatic rings. The number of carbonyl (C=O) groups excluding carboxylic acids is 2. The van der Waals surface area contributed by atoms with Gasteiger partial charge in [0.25, 0.3) is 5.91 Å². The Kier molecular flexibility index (Phi) is 4.64. The molecule has 24 heavy (non-hydrogen) atoms. The number of furan rings is 1. The van der Waals surface area contributed by atoms with Crippen LogP contribution in [0.15, 0.2) is 40.8 Å². The maximum Gasteiger partial charge on any atom is 0.348 e. The van der Waals surface area contributed by atoms with Crippen molar-refractivity contribution in [1.82, 2.24) is 0 Å². The van der Waals surface area contributed by atoms with E-state index in [9.17, 15) is 9.59 Å². The average molecular weight is 345 g/mol. The number of fused-ring (bicyclic) bond motifs is 1. The summed E-state index contributed by atoms with van der Waals surface area (Å²) in [5, 5.41) is 4.11. The summed E-state index contributed by atoms with van der Waals surface area (Å²) in [5.74, 6) is -0.633. The normalized spacial score (nSPS) is 10.8. The fraction of sp³-hybridized carbons (Fsp3) is 0.176. The van der Waals surface area contributed by atoms with Crippen LogP contribution < -0.4 is 5.32 Å². The van der Waals surface area contributed by atoms with Crippen molar-refractivity contribution in [2.24, 2.45) is 0 Å². The van der Waals surface area contributed by atoms with Gasteiger partial charge in [-0.05, 0) is 18.2 Å². The van der Waals surface area contributed by atoms with Gasteiger partial charge in [0.15, 0.2) is 5.76 Å². The third-order valence-electron chi connectivity index (χ3n) is 3.42. The van der Waals surface area contributed by atoms with Crippen molar-refractivity contribution in [3.63, 3.8) is 0 Å². The van der Waals surface area contributed by atoms with Gasteiger partial charge in [-0.1, -0.05) is 18.2 Å². The SMILES string of the molecule is COCc1c(C(=O)Nc2ccc(C(=O)OC)s2)oc2ccccc12. The average Bonchev–Trinajstić information content (AvgIpc) is 3.20. The summed E-state index contributed by atoms with van der Waals surface area (Å²) in [5.41, 5.74) is 1.31. The van der Waals surface area contributed by atoms with E-state index in [1.54, 1.807) is 25.3 Å². The first kappa shape index (κ1) is 16.2. The molecule has 0 fully saturated rings. The zero-order valence-electron chi connectivity index (χ0n) is 13.1. The van der Waals surface area contributed by atoms with E-state index in [1.165, 1.54) is 7.11 Å². The summed E-state index contributed by atoms with van der Waals surface area (Å²) in [6, 6.07) is 10.6. The van der Waals surface area contributed by atoms with Crippen molar-refractivity contribution < 1.29 is 23.5 Å². The lowest BCUT2D eigenvalue weighted by atomic mass is 10.1. The molecule has 0 radical (unpaired) electrons. The number of amides is 1. The number of benzene rings is 1. The molecule has 0 bridgehead atoms. The van der Waals surface area contributed by atoms with Crippen LogP contribution in [0.25, 0.3) is 11.0 Å². The number of para-hydroxylation sites is 1. The third-order valence-corrected chi connectivity index (χ3v) is 4.40. The molecule has 0 unspecified atom stereocenters. The minimum atomic E-state index is -0.440. The first-order valence-corrected chi connectivity index (χ1v) is 7.94. The summed E-state index contributed by atoms with van der Waals surface area (Å²) < 4.78 is 15.5. The zero-order chi connectivity index (χ0) is 17.1. The van der Waals surface area contributed by atoms with Crippen LogP contribution in [0.1, 0.15) is 25.8 Å². The van der Waals surface area contributed by atoms with E-state index in [0.717, 1.165) is 16.7 Å². The number of carbonyl (C=O) groups is 2. The number of thiophene rings is 1. The highest BCUT2D eigenvalue weighted by molar-refractivity contribution is 7.18. The summed E-state index contributed by atoms with van der Waals surface area (Å²) in [6.45, 7) is 0.262. The predicted octanol–water partition coefficient (Wildman–Crippen LogP) is 3.68. The number of hydrogen-bond acceptors (Lipinski definition) is 6. The van der Waals surface area contributed by atoms with E-state index >= 15 is 0 Å². The Morgan fingerprint density at radius 1 is 1.17 bits per heavy atom. The van der Waals surface area contributed by atoms with Gasteiger partial charge in [0.05, 0.1) is 18.7 Å².